The third kappa shape index (κ3) is 2.52. The van der Waals surface area contributed by atoms with E-state index >= 15 is 0 Å². The van der Waals surface area contributed by atoms with Crippen molar-refractivity contribution in [3.8, 4) is 0 Å². The first kappa shape index (κ1) is 10.2. The maximum Gasteiger partial charge on any atom is 0.168 e. The molecule has 1 aromatic rings. The average molecular weight is 202 g/mol. The molecule has 72 valence electrons. The van der Waals surface area contributed by atoms with Gasteiger partial charge in [0.25, 0.3) is 0 Å². The minimum atomic E-state index is -2.53. The van der Waals surface area contributed by atoms with E-state index in [0.717, 1.165) is 5.56 Å². The number of hydrogen-bond acceptors (Lipinski definition) is 2. The predicted octanol–water partition coefficient (Wildman–Crippen LogP) is 1.73. The van der Waals surface area contributed by atoms with Crippen LogP contribution in [-0.2, 0) is 10.7 Å². The quantitative estimate of drug-likeness (QED) is 0.757. The van der Waals surface area contributed by atoms with Crippen LogP contribution in [0.4, 0.5) is 4.39 Å². The molecule has 0 heterocycles. The average Bonchev–Trinajstić information content (AvgIpc) is 2.17. The highest BCUT2D eigenvalue weighted by Crippen LogP contribution is 2.16. The summed E-state index contributed by atoms with van der Waals surface area (Å²) < 4.78 is 33.2. The van der Waals surface area contributed by atoms with Gasteiger partial charge >= 0.3 is 0 Å². The van der Waals surface area contributed by atoms with E-state index < -0.39 is 17.4 Å². The summed E-state index contributed by atoms with van der Waals surface area (Å²) in [4.78, 5) is 0.268. The Morgan fingerprint density at radius 3 is 2.23 bits per heavy atom. The Bertz CT molecular complexity index is 335. The summed E-state index contributed by atoms with van der Waals surface area (Å²) in [5.74, 6) is -0.168. The number of thiol groups is 1. The molecule has 4 heteroatoms. The van der Waals surface area contributed by atoms with E-state index in [-0.39, 0.29) is 10.8 Å². The monoisotopic (exact) mass is 202 g/mol. The van der Waals surface area contributed by atoms with Crippen molar-refractivity contribution in [2.24, 2.45) is 0 Å². The molecular formula is C9H11FO2S. The highest BCUT2D eigenvalue weighted by molar-refractivity contribution is 7.72. The lowest BCUT2D eigenvalue weighted by Gasteiger charge is -2.05. The van der Waals surface area contributed by atoms with Crippen LogP contribution in [0.3, 0.4) is 0 Å². The van der Waals surface area contributed by atoms with Crippen LogP contribution in [0.15, 0.2) is 29.2 Å². The summed E-state index contributed by atoms with van der Waals surface area (Å²) in [6, 6.07) is 6.27. The number of halogens is 1. The van der Waals surface area contributed by atoms with Gasteiger partial charge in [-0.3, -0.25) is 4.39 Å². The third-order valence-corrected chi connectivity index (χ3v) is 2.62. The maximum absolute atomic E-state index is 12.2. The van der Waals surface area contributed by atoms with Crippen molar-refractivity contribution in [2.45, 2.75) is 17.7 Å². The van der Waals surface area contributed by atoms with Crippen LogP contribution in [0, 0.1) is 0 Å². The van der Waals surface area contributed by atoms with Gasteiger partial charge in [0, 0.05) is 5.92 Å². The second-order valence-corrected chi connectivity index (χ2v) is 3.93. The third-order valence-electron chi connectivity index (χ3n) is 1.90. The van der Waals surface area contributed by atoms with E-state index in [1.807, 2.05) is 0 Å². The Labute approximate surface area is 78.3 Å². The molecule has 1 aromatic carbocycles. The molecule has 1 rings (SSSR count). The van der Waals surface area contributed by atoms with Gasteiger partial charge in [0.2, 0.25) is 0 Å². The lowest BCUT2D eigenvalue weighted by molar-refractivity contribution is 0.447. The maximum atomic E-state index is 12.2. The first-order valence-electron chi connectivity index (χ1n) is 3.95. The summed E-state index contributed by atoms with van der Waals surface area (Å²) in [5.41, 5.74) is 0.822. The molecule has 0 saturated heterocycles. The van der Waals surface area contributed by atoms with E-state index in [0.29, 0.717) is 0 Å². The number of hydrogen-bond donors (Lipinski definition) is 1. The summed E-state index contributed by atoms with van der Waals surface area (Å²) in [5, 5.41) is 0. The van der Waals surface area contributed by atoms with Gasteiger partial charge < -0.3 is 0 Å². The predicted molar refractivity (Wildman–Crippen MR) is 49.4 cm³/mol. The zero-order chi connectivity index (χ0) is 9.84. The second-order valence-electron chi connectivity index (χ2n) is 2.90. The Balaban J connectivity index is 2.93. The van der Waals surface area contributed by atoms with Gasteiger partial charge in [-0.1, -0.05) is 19.1 Å². The van der Waals surface area contributed by atoms with Gasteiger partial charge in [-0.05, 0) is 17.7 Å². The minimum Gasteiger partial charge on any atom is -0.250 e. The van der Waals surface area contributed by atoms with Crippen molar-refractivity contribution in [1.82, 2.24) is 0 Å². The fourth-order valence-corrected chi connectivity index (χ4v) is 1.41. The molecule has 2 nitrogen and oxygen atoms in total. The van der Waals surface area contributed by atoms with Crippen LogP contribution in [0.1, 0.15) is 18.4 Å². The Kier molecular flexibility index (Phi) is 3.42. The van der Waals surface area contributed by atoms with Crippen molar-refractivity contribution in [2.75, 3.05) is 6.67 Å². The largest absolute Gasteiger partial charge is 0.250 e. The van der Waals surface area contributed by atoms with E-state index in [4.69, 9.17) is 0 Å². The zero-order valence-corrected chi connectivity index (χ0v) is 8.13. The van der Waals surface area contributed by atoms with Crippen molar-refractivity contribution >= 4 is 10.7 Å². The van der Waals surface area contributed by atoms with E-state index in [2.05, 4.69) is 0 Å². The molecule has 1 atom stereocenters. The van der Waals surface area contributed by atoms with Gasteiger partial charge in [-0.25, -0.2) is 8.42 Å². The highest BCUT2D eigenvalue weighted by Gasteiger charge is 2.04. The molecule has 0 radical (unpaired) electrons. The summed E-state index contributed by atoms with van der Waals surface area (Å²) in [7, 11) is -2.53. The van der Waals surface area contributed by atoms with Crippen LogP contribution in [0.5, 0.6) is 0 Å². The second kappa shape index (κ2) is 4.37. The molecular weight excluding hydrogens is 191 g/mol. The van der Waals surface area contributed by atoms with E-state index in [1.54, 1.807) is 19.1 Å². The van der Waals surface area contributed by atoms with Crippen molar-refractivity contribution in [3.05, 3.63) is 29.8 Å². The van der Waals surface area contributed by atoms with Gasteiger partial charge in [-0.15, -0.1) is 0 Å². The fraction of sp³-hybridized carbons (Fsp3) is 0.333. The van der Waals surface area contributed by atoms with Gasteiger partial charge in [0.05, 0.1) is 11.6 Å². The fourth-order valence-electron chi connectivity index (χ4n) is 1.01. The SMILES string of the molecule is C[C@H](CF)c1ccc([SH](=O)=O)cc1. The minimum absolute atomic E-state index is 0.168. The molecule has 0 aliphatic carbocycles. The summed E-state index contributed by atoms with van der Waals surface area (Å²) in [6.07, 6.45) is 0. The summed E-state index contributed by atoms with van der Waals surface area (Å²) in [6.45, 7) is 1.33. The van der Waals surface area contributed by atoms with Crippen LogP contribution in [0.2, 0.25) is 0 Å². The lowest BCUT2D eigenvalue weighted by atomic mass is 10.0. The normalized spacial score (nSPS) is 13.2. The van der Waals surface area contributed by atoms with Crippen LogP contribution >= 0.6 is 0 Å². The molecule has 13 heavy (non-hydrogen) atoms. The smallest absolute Gasteiger partial charge is 0.168 e. The van der Waals surface area contributed by atoms with Gasteiger partial charge in [0.15, 0.2) is 10.7 Å². The molecule has 0 amide bonds. The van der Waals surface area contributed by atoms with Gasteiger partial charge in [-0.2, -0.15) is 0 Å². The van der Waals surface area contributed by atoms with Crippen molar-refractivity contribution in [1.29, 1.82) is 0 Å². The molecule has 0 unspecified atom stereocenters. The number of alkyl halides is 1. The molecule has 0 bridgehead atoms. The van der Waals surface area contributed by atoms with Gasteiger partial charge in [0.1, 0.15) is 0 Å². The molecule has 0 aliphatic heterocycles. The van der Waals surface area contributed by atoms with Crippen LogP contribution in [0.25, 0.3) is 0 Å². The Morgan fingerprint density at radius 2 is 1.85 bits per heavy atom. The standard InChI is InChI=1S/C9H11FO2S/c1-7(6-10)8-2-4-9(5-3-8)13(11)12/h2-5,7,13H,6H2,1H3/t7-/m1/s1. The molecule has 0 N–H and O–H groups in total. The molecule has 0 aliphatic rings. The lowest BCUT2D eigenvalue weighted by Crippen LogP contribution is -1.95. The zero-order valence-electron chi connectivity index (χ0n) is 7.24. The number of rotatable bonds is 3. The van der Waals surface area contributed by atoms with Crippen LogP contribution < -0.4 is 0 Å². The van der Waals surface area contributed by atoms with Crippen molar-refractivity contribution in [3.63, 3.8) is 0 Å². The first-order valence-corrected chi connectivity index (χ1v) is 5.13. The number of benzene rings is 1. The Morgan fingerprint density at radius 1 is 1.31 bits per heavy atom. The van der Waals surface area contributed by atoms with Crippen LogP contribution in [-0.4, -0.2) is 15.1 Å². The van der Waals surface area contributed by atoms with E-state index in [1.165, 1.54) is 12.1 Å². The van der Waals surface area contributed by atoms with E-state index in [9.17, 15) is 12.8 Å². The Hall–Kier alpha value is -0.900. The first-order chi connectivity index (χ1) is 6.15. The topological polar surface area (TPSA) is 34.1 Å². The summed E-state index contributed by atoms with van der Waals surface area (Å²) >= 11 is 0. The molecule has 0 aromatic heterocycles. The molecule has 0 saturated carbocycles. The molecule has 0 spiro atoms. The van der Waals surface area contributed by atoms with Crippen molar-refractivity contribution < 1.29 is 12.8 Å². The highest BCUT2D eigenvalue weighted by atomic mass is 32.2. The molecule has 0 fully saturated rings.